The Bertz CT molecular complexity index is 1140. The number of nitrogens with zero attached hydrogens (tertiary/aromatic N) is 4. The molecule has 7 heteroatoms. The molecule has 3 aromatic rings. The predicted molar refractivity (Wildman–Crippen MR) is 136 cm³/mol. The van der Waals surface area contributed by atoms with E-state index < -0.39 is 5.54 Å². The number of nitrogens with two attached hydrogens (primary N) is 1. The summed E-state index contributed by atoms with van der Waals surface area (Å²) in [7, 11) is 2.13. The van der Waals surface area contributed by atoms with Gasteiger partial charge in [0.05, 0.1) is 29.0 Å². The van der Waals surface area contributed by atoms with E-state index in [1.165, 1.54) is 5.57 Å². The van der Waals surface area contributed by atoms with Crippen LogP contribution in [0.5, 0.6) is 0 Å². The molecule has 0 aliphatic carbocycles. The lowest BCUT2D eigenvalue weighted by Gasteiger charge is -2.30. The van der Waals surface area contributed by atoms with Crippen LogP contribution in [0, 0.1) is 0 Å². The molecular weight excluding hydrogens is 412 g/mol. The van der Waals surface area contributed by atoms with Crippen LogP contribution in [0.3, 0.4) is 0 Å². The van der Waals surface area contributed by atoms with Crippen LogP contribution >= 0.6 is 0 Å². The summed E-state index contributed by atoms with van der Waals surface area (Å²) >= 11 is 0. The van der Waals surface area contributed by atoms with Gasteiger partial charge in [-0.3, -0.25) is 9.97 Å². The van der Waals surface area contributed by atoms with Gasteiger partial charge in [-0.05, 0) is 44.5 Å². The molecule has 4 rings (SSSR count). The third-order valence-electron chi connectivity index (χ3n) is 6.37. The number of aliphatic hydroxyl groups excluding tert-OH is 1. The standard InChI is InChI=1S/C26H34N6O/c1-4-5-10-26(2,17-33)31-23-14-24(27)30-22-13-20(16-29-25(22)23)19-6-7-21(28-15-19)18-8-11-32(3)12-9-18/h6-8,13-16,33H,4-5,9-12,17H2,1-3H3,(H3,27,30,31)/t26-/m1/s1. The van der Waals surface area contributed by atoms with E-state index >= 15 is 0 Å². The Morgan fingerprint density at radius 1 is 1.18 bits per heavy atom. The summed E-state index contributed by atoms with van der Waals surface area (Å²) in [4.78, 5) is 16.2. The summed E-state index contributed by atoms with van der Waals surface area (Å²) in [5.41, 5.74) is 12.2. The smallest absolute Gasteiger partial charge is 0.126 e. The fourth-order valence-corrected chi connectivity index (χ4v) is 4.22. The van der Waals surface area contributed by atoms with Crippen LogP contribution in [0.1, 0.15) is 45.2 Å². The Hall–Kier alpha value is -3.03. The maximum atomic E-state index is 9.99. The van der Waals surface area contributed by atoms with Crippen LogP contribution in [-0.2, 0) is 0 Å². The average Bonchev–Trinajstić information content (AvgIpc) is 2.83. The van der Waals surface area contributed by atoms with Crippen LogP contribution in [-0.4, -0.2) is 57.2 Å². The highest BCUT2D eigenvalue weighted by Gasteiger charge is 2.24. The second-order valence-electron chi connectivity index (χ2n) is 9.31. The molecule has 1 aliphatic rings. The monoisotopic (exact) mass is 446 g/mol. The van der Waals surface area contributed by atoms with Gasteiger partial charge in [0.2, 0.25) is 0 Å². The molecule has 0 aromatic carbocycles. The molecule has 1 atom stereocenters. The van der Waals surface area contributed by atoms with Gasteiger partial charge in [-0.25, -0.2) is 4.98 Å². The van der Waals surface area contributed by atoms with Gasteiger partial charge in [-0.2, -0.15) is 0 Å². The number of hydrogen-bond donors (Lipinski definition) is 3. The molecule has 0 fully saturated rings. The fraction of sp³-hybridized carbons (Fsp3) is 0.423. The third-order valence-corrected chi connectivity index (χ3v) is 6.37. The number of nitrogen functional groups attached to an aromatic ring is 1. The van der Waals surface area contributed by atoms with Crippen molar-refractivity contribution in [3.8, 4) is 11.1 Å². The van der Waals surface area contributed by atoms with Gasteiger partial charge in [0.1, 0.15) is 11.3 Å². The van der Waals surface area contributed by atoms with Crippen LogP contribution in [0.15, 0.2) is 42.7 Å². The average molecular weight is 447 g/mol. The van der Waals surface area contributed by atoms with Crippen molar-refractivity contribution in [1.29, 1.82) is 0 Å². The molecular formula is C26H34N6O. The fourth-order valence-electron chi connectivity index (χ4n) is 4.22. The maximum Gasteiger partial charge on any atom is 0.126 e. The van der Waals surface area contributed by atoms with E-state index in [-0.39, 0.29) is 6.61 Å². The van der Waals surface area contributed by atoms with E-state index in [4.69, 9.17) is 15.7 Å². The van der Waals surface area contributed by atoms with E-state index in [0.29, 0.717) is 11.3 Å². The minimum absolute atomic E-state index is 0.0273. The highest BCUT2D eigenvalue weighted by atomic mass is 16.3. The molecule has 0 unspecified atom stereocenters. The normalized spacial score (nSPS) is 16.4. The van der Waals surface area contributed by atoms with E-state index in [0.717, 1.165) is 66.8 Å². The van der Waals surface area contributed by atoms with Crippen molar-refractivity contribution >= 4 is 28.1 Å². The molecule has 0 radical (unpaired) electrons. The van der Waals surface area contributed by atoms with Crippen molar-refractivity contribution in [2.75, 3.05) is 37.8 Å². The van der Waals surface area contributed by atoms with Gasteiger partial charge in [-0.15, -0.1) is 0 Å². The van der Waals surface area contributed by atoms with Crippen molar-refractivity contribution in [2.45, 2.75) is 45.1 Å². The maximum absolute atomic E-state index is 9.99. The number of hydrogen-bond acceptors (Lipinski definition) is 7. The highest BCUT2D eigenvalue weighted by molar-refractivity contribution is 5.92. The number of likely N-dealkylation sites (N-methyl/N-ethyl adjacent to an activating group) is 1. The topological polar surface area (TPSA) is 100 Å². The summed E-state index contributed by atoms with van der Waals surface area (Å²) in [5.74, 6) is 0.419. The molecule has 4 N–H and O–H groups in total. The Morgan fingerprint density at radius 2 is 2.00 bits per heavy atom. The van der Waals surface area contributed by atoms with E-state index in [9.17, 15) is 5.11 Å². The zero-order valence-electron chi connectivity index (χ0n) is 19.8. The van der Waals surface area contributed by atoms with Crippen molar-refractivity contribution in [3.63, 3.8) is 0 Å². The van der Waals surface area contributed by atoms with Crippen molar-refractivity contribution in [1.82, 2.24) is 19.9 Å². The molecule has 33 heavy (non-hydrogen) atoms. The van der Waals surface area contributed by atoms with Crippen molar-refractivity contribution in [2.24, 2.45) is 0 Å². The zero-order valence-corrected chi connectivity index (χ0v) is 19.8. The number of aliphatic hydroxyl groups is 1. The summed E-state index contributed by atoms with van der Waals surface area (Å²) in [6, 6.07) is 7.96. The molecule has 1 aliphatic heterocycles. The van der Waals surface area contributed by atoms with Crippen LogP contribution in [0.2, 0.25) is 0 Å². The van der Waals surface area contributed by atoms with Crippen molar-refractivity contribution in [3.05, 3.63) is 48.4 Å². The molecule has 174 valence electrons. The van der Waals surface area contributed by atoms with E-state index in [1.807, 2.05) is 25.4 Å². The minimum atomic E-state index is -0.445. The van der Waals surface area contributed by atoms with Crippen LogP contribution in [0.25, 0.3) is 27.7 Å². The molecule has 3 aromatic heterocycles. The Balaban J connectivity index is 1.62. The predicted octanol–water partition coefficient (Wildman–Crippen LogP) is 4.35. The lowest BCUT2D eigenvalue weighted by molar-refractivity contribution is 0.212. The minimum Gasteiger partial charge on any atom is -0.394 e. The number of unbranched alkanes of at least 4 members (excludes halogenated alkanes) is 1. The largest absolute Gasteiger partial charge is 0.394 e. The molecule has 0 amide bonds. The number of rotatable bonds is 8. The van der Waals surface area contributed by atoms with Gasteiger partial charge in [0, 0.05) is 42.7 Å². The summed E-state index contributed by atoms with van der Waals surface area (Å²) < 4.78 is 0. The lowest BCUT2D eigenvalue weighted by atomic mass is 9.95. The molecule has 0 saturated heterocycles. The molecule has 0 saturated carbocycles. The lowest BCUT2D eigenvalue weighted by Crippen LogP contribution is -2.38. The van der Waals surface area contributed by atoms with Gasteiger partial charge in [0.15, 0.2) is 0 Å². The summed E-state index contributed by atoms with van der Waals surface area (Å²) in [6.07, 6.45) is 9.97. The van der Waals surface area contributed by atoms with E-state index in [1.54, 1.807) is 6.07 Å². The number of aromatic nitrogens is 3. The first kappa shape index (κ1) is 23.1. The molecule has 0 bridgehead atoms. The first-order chi connectivity index (χ1) is 15.9. The first-order valence-electron chi connectivity index (χ1n) is 11.7. The van der Waals surface area contributed by atoms with Gasteiger partial charge in [0.25, 0.3) is 0 Å². The Kier molecular flexibility index (Phi) is 6.91. The number of pyridine rings is 3. The third kappa shape index (κ3) is 5.31. The van der Waals surface area contributed by atoms with Gasteiger partial charge in [-0.1, -0.05) is 31.9 Å². The molecule has 7 nitrogen and oxygen atoms in total. The molecule has 0 spiro atoms. The van der Waals surface area contributed by atoms with Gasteiger partial charge >= 0.3 is 0 Å². The SMILES string of the molecule is CCCC[C@](C)(CO)Nc1cc(N)nc2cc(-c3ccc(C4=CCN(C)CC4)nc3)cnc12. The second-order valence-corrected chi connectivity index (χ2v) is 9.31. The number of anilines is 2. The van der Waals surface area contributed by atoms with Crippen molar-refractivity contribution < 1.29 is 5.11 Å². The van der Waals surface area contributed by atoms with Gasteiger partial charge < -0.3 is 21.1 Å². The van der Waals surface area contributed by atoms with E-state index in [2.05, 4.69) is 47.4 Å². The van der Waals surface area contributed by atoms with Crippen LogP contribution in [0.4, 0.5) is 11.5 Å². The highest BCUT2D eigenvalue weighted by Crippen LogP contribution is 2.30. The Morgan fingerprint density at radius 3 is 2.67 bits per heavy atom. The molecule has 4 heterocycles. The first-order valence-corrected chi connectivity index (χ1v) is 11.7. The van der Waals surface area contributed by atoms with Crippen LogP contribution < -0.4 is 11.1 Å². The zero-order chi connectivity index (χ0) is 23.4. The number of nitrogens with one attached hydrogen (secondary N) is 1. The summed E-state index contributed by atoms with van der Waals surface area (Å²) in [6.45, 7) is 6.21. The number of fused-ring (bicyclic) bond motifs is 1. The Labute approximate surface area is 195 Å². The second kappa shape index (κ2) is 9.85. The summed E-state index contributed by atoms with van der Waals surface area (Å²) in [5, 5.41) is 13.5. The quantitative estimate of drug-likeness (QED) is 0.473.